The first-order chi connectivity index (χ1) is 11.2. The number of nitrogens with zero attached hydrogens (tertiary/aromatic N) is 2. The average Bonchev–Trinajstić information content (AvgIpc) is 2.57. The van der Waals surface area contributed by atoms with E-state index >= 15 is 0 Å². The Morgan fingerprint density at radius 2 is 1.83 bits per heavy atom. The number of nitrogen functional groups attached to an aromatic ring is 1. The molecule has 2 fully saturated rings. The van der Waals surface area contributed by atoms with E-state index < -0.39 is 0 Å². The number of aliphatic hydroxyl groups excluding tert-OH is 1. The minimum Gasteiger partial charge on any atom is -0.399 e. The largest absolute Gasteiger partial charge is 0.399 e. The molecule has 0 aliphatic carbocycles. The van der Waals surface area contributed by atoms with E-state index in [0.29, 0.717) is 6.61 Å². The number of aliphatic hydroxyl groups is 1. The summed E-state index contributed by atoms with van der Waals surface area (Å²) in [5, 5.41) is 9.07. The van der Waals surface area contributed by atoms with Crippen LogP contribution in [0.25, 0.3) is 0 Å². The number of nitrogens with two attached hydrogens (primary N) is 1. The summed E-state index contributed by atoms with van der Waals surface area (Å²) in [6.07, 6.45) is 6.04. The second-order valence-corrected chi connectivity index (χ2v) is 7.99. The van der Waals surface area contributed by atoms with Crippen LogP contribution in [0.1, 0.15) is 32.1 Å². The summed E-state index contributed by atoms with van der Waals surface area (Å²) in [7, 11) is 0. The second kappa shape index (κ2) is 8.38. The van der Waals surface area contributed by atoms with E-state index in [4.69, 9.17) is 10.8 Å². The Labute approximate surface area is 144 Å². The summed E-state index contributed by atoms with van der Waals surface area (Å²) in [6, 6.07) is 8.92. The van der Waals surface area contributed by atoms with Gasteiger partial charge in [0.25, 0.3) is 0 Å². The summed E-state index contributed by atoms with van der Waals surface area (Å²) >= 11 is 1.84. The van der Waals surface area contributed by atoms with Crippen LogP contribution in [0.5, 0.6) is 0 Å². The molecular weight excluding hydrogens is 306 g/mol. The van der Waals surface area contributed by atoms with E-state index in [1.54, 1.807) is 0 Å². The van der Waals surface area contributed by atoms with E-state index in [2.05, 4.69) is 21.3 Å². The molecule has 2 saturated heterocycles. The van der Waals surface area contributed by atoms with Gasteiger partial charge in [-0.1, -0.05) is 6.07 Å². The molecule has 0 unspecified atom stereocenters. The van der Waals surface area contributed by atoms with Gasteiger partial charge in [0, 0.05) is 36.3 Å². The van der Waals surface area contributed by atoms with Crippen LogP contribution in [0.4, 0.5) is 5.69 Å². The molecule has 0 bridgehead atoms. The molecule has 0 amide bonds. The zero-order chi connectivity index (χ0) is 16.1. The van der Waals surface area contributed by atoms with E-state index in [1.807, 2.05) is 24.1 Å². The van der Waals surface area contributed by atoms with E-state index in [9.17, 15) is 0 Å². The molecule has 1 aromatic carbocycles. The predicted molar refractivity (Wildman–Crippen MR) is 97.3 cm³/mol. The summed E-state index contributed by atoms with van der Waals surface area (Å²) in [5.74, 6) is 0.746. The molecule has 0 atom stereocenters. The van der Waals surface area contributed by atoms with Gasteiger partial charge in [0.05, 0.1) is 0 Å². The third kappa shape index (κ3) is 4.86. The minimum absolute atomic E-state index is 0.351. The minimum atomic E-state index is 0.351. The Hall–Kier alpha value is -0.750. The lowest BCUT2D eigenvalue weighted by molar-refractivity contribution is 0.0910. The molecule has 0 radical (unpaired) electrons. The molecule has 2 heterocycles. The number of anilines is 1. The molecule has 23 heavy (non-hydrogen) atoms. The monoisotopic (exact) mass is 335 g/mol. The Morgan fingerprint density at radius 3 is 2.48 bits per heavy atom. The van der Waals surface area contributed by atoms with Crippen molar-refractivity contribution in [1.82, 2.24) is 9.21 Å². The van der Waals surface area contributed by atoms with E-state index in [1.165, 1.54) is 43.7 Å². The van der Waals surface area contributed by atoms with Gasteiger partial charge in [-0.2, -0.15) is 0 Å². The highest BCUT2D eigenvalue weighted by atomic mass is 32.2. The lowest BCUT2D eigenvalue weighted by Crippen LogP contribution is -2.46. The molecule has 5 heteroatoms. The topological polar surface area (TPSA) is 52.7 Å². The molecule has 1 aromatic rings. The van der Waals surface area contributed by atoms with Crippen molar-refractivity contribution >= 4 is 17.6 Å². The van der Waals surface area contributed by atoms with Gasteiger partial charge in [0.1, 0.15) is 0 Å². The van der Waals surface area contributed by atoms with Crippen LogP contribution in [-0.2, 0) is 0 Å². The van der Waals surface area contributed by atoms with Gasteiger partial charge in [0.2, 0.25) is 0 Å². The van der Waals surface area contributed by atoms with Gasteiger partial charge < -0.3 is 15.7 Å². The van der Waals surface area contributed by atoms with Gasteiger partial charge in [0.15, 0.2) is 0 Å². The lowest BCUT2D eigenvalue weighted by atomic mass is 9.92. The Bertz CT molecular complexity index is 483. The second-order valence-electron chi connectivity index (χ2n) is 6.82. The van der Waals surface area contributed by atoms with Crippen molar-refractivity contribution in [3.63, 3.8) is 0 Å². The summed E-state index contributed by atoms with van der Waals surface area (Å²) in [4.78, 5) is 3.93. The van der Waals surface area contributed by atoms with Crippen molar-refractivity contribution < 1.29 is 5.11 Å². The molecule has 0 saturated carbocycles. The van der Waals surface area contributed by atoms with Gasteiger partial charge >= 0.3 is 0 Å². The number of likely N-dealkylation sites (tertiary alicyclic amines) is 1. The van der Waals surface area contributed by atoms with Gasteiger partial charge in [-0.25, -0.2) is 4.31 Å². The van der Waals surface area contributed by atoms with Crippen molar-refractivity contribution in [2.24, 2.45) is 5.92 Å². The normalized spacial score (nSPS) is 22.5. The Morgan fingerprint density at radius 1 is 1.09 bits per heavy atom. The molecule has 0 aromatic heterocycles. The highest BCUT2D eigenvalue weighted by Crippen LogP contribution is 2.30. The first-order valence-corrected chi connectivity index (χ1v) is 9.65. The number of rotatable bonds is 5. The molecule has 3 rings (SSSR count). The van der Waals surface area contributed by atoms with Gasteiger partial charge in [-0.3, -0.25) is 0 Å². The highest BCUT2D eigenvalue weighted by Gasteiger charge is 2.28. The van der Waals surface area contributed by atoms with Gasteiger partial charge in [-0.15, -0.1) is 0 Å². The van der Waals surface area contributed by atoms with Crippen molar-refractivity contribution in [1.29, 1.82) is 0 Å². The Kier molecular flexibility index (Phi) is 6.22. The van der Waals surface area contributed by atoms with Crippen molar-refractivity contribution in [2.75, 3.05) is 38.5 Å². The van der Waals surface area contributed by atoms with Crippen LogP contribution in [0.2, 0.25) is 0 Å². The van der Waals surface area contributed by atoms with Crippen LogP contribution < -0.4 is 5.73 Å². The maximum Gasteiger partial charge on any atom is 0.0433 e. The fourth-order valence-corrected chi connectivity index (χ4v) is 4.83. The average molecular weight is 336 g/mol. The first kappa shape index (κ1) is 17.1. The van der Waals surface area contributed by atoms with Crippen LogP contribution in [0, 0.1) is 5.92 Å². The molecule has 2 aliphatic rings. The zero-order valence-electron chi connectivity index (χ0n) is 13.9. The fraction of sp³-hybridized carbons (Fsp3) is 0.667. The van der Waals surface area contributed by atoms with Crippen LogP contribution in [-0.4, -0.2) is 53.1 Å². The molecule has 128 valence electrons. The number of hydrogen-bond acceptors (Lipinski definition) is 5. The first-order valence-electron chi connectivity index (χ1n) is 8.88. The summed E-state index contributed by atoms with van der Waals surface area (Å²) in [5.41, 5.74) is 6.70. The van der Waals surface area contributed by atoms with Gasteiger partial charge in [-0.05, 0) is 81.3 Å². The maximum atomic E-state index is 9.07. The van der Waals surface area contributed by atoms with E-state index in [0.717, 1.165) is 37.2 Å². The lowest BCUT2D eigenvalue weighted by Gasteiger charge is -2.41. The van der Waals surface area contributed by atoms with Crippen molar-refractivity contribution in [2.45, 2.75) is 43.0 Å². The molecule has 0 spiro atoms. The highest BCUT2D eigenvalue weighted by molar-refractivity contribution is 7.97. The molecule has 4 nitrogen and oxygen atoms in total. The maximum absolute atomic E-state index is 9.07. The smallest absolute Gasteiger partial charge is 0.0433 e. The molecule has 3 N–H and O–H groups in total. The number of benzene rings is 1. The summed E-state index contributed by atoms with van der Waals surface area (Å²) < 4.78 is 2.48. The van der Waals surface area contributed by atoms with Crippen molar-refractivity contribution in [3.8, 4) is 0 Å². The fourth-order valence-electron chi connectivity index (χ4n) is 3.81. The number of hydrogen-bond donors (Lipinski definition) is 2. The quantitative estimate of drug-likeness (QED) is 0.640. The molecular formula is C18H29N3OS. The number of piperidine rings is 2. The third-order valence-corrected chi connectivity index (χ3v) is 6.31. The predicted octanol–water partition coefficient (Wildman–Crippen LogP) is 2.83. The summed E-state index contributed by atoms with van der Waals surface area (Å²) in [6.45, 7) is 5.10. The molecule has 2 aliphatic heterocycles. The zero-order valence-corrected chi connectivity index (χ0v) is 14.7. The Balaban J connectivity index is 1.42. The van der Waals surface area contributed by atoms with Crippen LogP contribution in [0.15, 0.2) is 29.2 Å². The third-order valence-electron chi connectivity index (χ3n) is 5.22. The standard InChI is InChI=1S/C18H29N3OS/c19-16-2-1-3-18(14-16)23-21-11-6-17(7-12-21)20-9-4-15(5-10-20)8-13-22/h1-3,14-15,17,22H,4-13,19H2. The SMILES string of the molecule is Nc1cccc(SN2CCC(N3CCC(CCO)CC3)CC2)c1. The van der Waals surface area contributed by atoms with Crippen LogP contribution >= 0.6 is 11.9 Å². The van der Waals surface area contributed by atoms with Crippen LogP contribution in [0.3, 0.4) is 0 Å². The van der Waals surface area contributed by atoms with Crippen molar-refractivity contribution in [3.05, 3.63) is 24.3 Å². The van der Waals surface area contributed by atoms with E-state index in [-0.39, 0.29) is 0 Å².